The van der Waals surface area contributed by atoms with Gasteiger partial charge in [0, 0.05) is 30.3 Å². The number of H-pyrrole nitrogens is 1. The lowest BCUT2D eigenvalue weighted by atomic mass is 10.1. The average Bonchev–Trinajstić information content (AvgIpc) is 2.91. The number of benzene rings is 1. The Labute approximate surface area is 117 Å². The number of aromatic amines is 1. The fourth-order valence-corrected chi connectivity index (χ4v) is 2.26. The van der Waals surface area contributed by atoms with Gasteiger partial charge in [-0.15, -0.1) is 0 Å². The van der Waals surface area contributed by atoms with Gasteiger partial charge in [0.1, 0.15) is 0 Å². The monoisotopic (exact) mass is 265 g/mol. The van der Waals surface area contributed by atoms with Crippen LogP contribution in [0.15, 0.2) is 54.9 Å². The van der Waals surface area contributed by atoms with Crippen LogP contribution in [0.4, 0.5) is 0 Å². The number of pyridine rings is 1. The Kier molecular flexibility index (Phi) is 3.21. The van der Waals surface area contributed by atoms with Crippen molar-refractivity contribution in [3.8, 4) is 0 Å². The lowest BCUT2D eigenvalue weighted by molar-refractivity contribution is 0.0785. The first-order valence-corrected chi connectivity index (χ1v) is 6.47. The molecule has 1 amide bonds. The minimum absolute atomic E-state index is 0.00639. The summed E-state index contributed by atoms with van der Waals surface area (Å²) in [6.45, 7) is 0.499. The molecule has 3 rings (SSSR count). The first-order valence-electron chi connectivity index (χ1n) is 6.47. The van der Waals surface area contributed by atoms with Crippen molar-refractivity contribution in [1.82, 2.24) is 14.9 Å². The zero-order valence-corrected chi connectivity index (χ0v) is 11.2. The summed E-state index contributed by atoms with van der Waals surface area (Å²) in [5.41, 5.74) is 2.55. The molecule has 100 valence electrons. The molecule has 0 unspecified atom stereocenters. The number of nitrogens with one attached hydrogen (secondary N) is 1. The molecule has 4 heteroatoms. The Morgan fingerprint density at radius 1 is 1.20 bits per heavy atom. The van der Waals surface area contributed by atoms with E-state index in [9.17, 15) is 4.79 Å². The van der Waals surface area contributed by atoms with E-state index in [1.807, 2.05) is 42.5 Å². The topological polar surface area (TPSA) is 49.0 Å². The molecule has 2 aromatic heterocycles. The van der Waals surface area contributed by atoms with Gasteiger partial charge in [-0.05, 0) is 18.2 Å². The van der Waals surface area contributed by atoms with Gasteiger partial charge in [0.15, 0.2) is 0 Å². The van der Waals surface area contributed by atoms with Gasteiger partial charge in [-0.2, -0.15) is 0 Å². The number of aromatic nitrogens is 2. The lowest BCUT2D eigenvalue weighted by Crippen LogP contribution is -2.26. The van der Waals surface area contributed by atoms with Gasteiger partial charge in [-0.25, -0.2) is 0 Å². The number of hydrogen-bond acceptors (Lipinski definition) is 2. The van der Waals surface area contributed by atoms with E-state index in [-0.39, 0.29) is 5.91 Å². The number of hydrogen-bond donors (Lipinski definition) is 1. The number of nitrogens with zero attached hydrogens (tertiary/aromatic N) is 2. The van der Waals surface area contributed by atoms with Crippen LogP contribution in [0.2, 0.25) is 0 Å². The summed E-state index contributed by atoms with van der Waals surface area (Å²) >= 11 is 0. The Hall–Kier alpha value is -2.62. The molecule has 1 N–H and O–H groups in total. The van der Waals surface area contributed by atoms with Crippen LogP contribution in [0.3, 0.4) is 0 Å². The molecule has 1 aromatic carbocycles. The van der Waals surface area contributed by atoms with E-state index in [2.05, 4.69) is 9.97 Å². The van der Waals surface area contributed by atoms with Crippen LogP contribution in [0, 0.1) is 0 Å². The summed E-state index contributed by atoms with van der Waals surface area (Å²) < 4.78 is 0. The minimum atomic E-state index is -0.00639. The molecule has 4 nitrogen and oxygen atoms in total. The van der Waals surface area contributed by atoms with E-state index in [0.717, 1.165) is 16.6 Å². The second kappa shape index (κ2) is 5.17. The fourth-order valence-electron chi connectivity index (χ4n) is 2.26. The summed E-state index contributed by atoms with van der Waals surface area (Å²) in [4.78, 5) is 21.5. The second-order valence-corrected chi connectivity index (χ2v) is 4.73. The number of carbonyl (C=O) groups is 1. The number of amides is 1. The smallest absolute Gasteiger partial charge is 0.256 e. The molecule has 20 heavy (non-hydrogen) atoms. The van der Waals surface area contributed by atoms with Crippen molar-refractivity contribution in [2.24, 2.45) is 0 Å². The number of fused-ring (bicyclic) bond motifs is 1. The summed E-state index contributed by atoms with van der Waals surface area (Å²) in [6, 6.07) is 13.5. The number of carbonyl (C=O) groups excluding carboxylic acids is 1. The van der Waals surface area contributed by atoms with Crippen LogP contribution in [0.1, 0.15) is 16.1 Å². The third kappa shape index (κ3) is 2.28. The van der Waals surface area contributed by atoms with Crippen molar-refractivity contribution in [2.45, 2.75) is 6.54 Å². The molecule has 0 radical (unpaired) electrons. The van der Waals surface area contributed by atoms with Gasteiger partial charge in [0.05, 0.1) is 17.8 Å². The standard InChI is InChI=1S/C16H15N3O/c1-19(11-12-6-4-5-9-17-12)16(20)14-10-18-15-8-3-2-7-13(14)15/h2-10,18H,11H2,1H3. The maximum absolute atomic E-state index is 12.5. The Morgan fingerprint density at radius 2 is 2.00 bits per heavy atom. The molecule has 0 spiro atoms. The minimum Gasteiger partial charge on any atom is -0.360 e. The van der Waals surface area contributed by atoms with E-state index >= 15 is 0 Å². The van der Waals surface area contributed by atoms with Crippen LogP contribution in [0.5, 0.6) is 0 Å². The zero-order chi connectivity index (χ0) is 13.9. The van der Waals surface area contributed by atoms with Crippen molar-refractivity contribution in [3.63, 3.8) is 0 Å². The van der Waals surface area contributed by atoms with Crippen LogP contribution < -0.4 is 0 Å². The normalized spacial score (nSPS) is 10.7. The third-order valence-electron chi connectivity index (χ3n) is 3.29. The maximum Gasteiger partial charge on any atom is 0.256 e. The Balaban J connectivity index is 1.85. The molecule has 0 aliphatic carbocycles. The predicted molar refractivity (Wildman–Crippen MR) is 78.3 cm³/mol. The van der Waals surface area contributed by atoms with Crippen molar-refractivity contribution in [1.29, 1.82) is 0 Å². The van der Waals surface area contributed by atoms with Crippen molar-refractivity contribution in [2.75, 3.05) is 7.05 Å². The highest BCUT2D eigenvalue weighted by Gasteiger charge is 2.16. The fraction of sp³-hybridized carbons (Fsp3) is 0.125. The first kappa shape index (κ1) is 12.4. The van der Waals surface area contributed by atoms with E-state index in [4.69, 9.17) is 0 Å². The van der Waals surface area contributed by atoms with E-state index in [0.29, 0.717) is 12.1 Å². The van der Waals surface area contributed by atoms with Gasteiger partial charge < -0.3 is 9.88 Å². The molecule has 0 fully saturated rings. The van der Waals surface area contributed by atoms with Crippen molar-refractivity contribution in [3.05, 3.63) is 66.1 Å². The largest absolute Gasteiger partial charge is 0.360 e. The summed E-state index contributed by atoms with van der Waals surface area (Å²) in [5.74, 6) is -0.00639. The predicted octanol–water partition coefficient (Wildman–Crippen LogP) is 2.84. The zero-order valence-electron chi connectivity index (χ0n) is 11.2. The Bertz CT molecular complexity index is 734. The molecule has 0 saturated heterocycles. The second-order valence-electron chi connectivity index (χ2n) is 4.73. The van der Waals surface area contributed by atoms with E-state index in [1.165, 1.54) is 0 Å². The van der Waals surface area contributed by atoms with Crippen molar-refractivity contribution < 1.29 is 4.79 Å². The molecule has 0 aliphatic rings. The highest BCUT2D eigenvalue weighted by Crippen LogP contribution is 2.19. The molecular formula is C16H15N3O. The van der Waals surface area contributed by atoms with Gasteiger partial charge in [-0.1, -0.05) is 24.3 Å². The summed E-state index contributed by atoms with van der Waals surface area (Å²) in [6.07, 6.45) is 3.50. The van der Waals surface area contributed by atoms with Gasteiger partial charge in [-0.3, -0.25) is 9.78 Å². The third-order valence-corrected chi connectivity index (χ3v) is 3.29. The highest BCUT2D eigenvalue weighted by molar-refractivity contribution is 6.06. The van der Waals surface area contributed by atoms with Crippen LogP contribution in [0.25, 0.3) is 10.9 Å². The van der Waals surface area contributed by atoms with Crippen LogP contribution in [-0.2, 0) is 6.54 Å². The van der Waals surface area contributed by atoms with Crippen LogP contribution in [-0.4, -0.2) is 27.8 Å². The molecule has 3 aromatic rings. The van der Waals surface area contributed by atoms with Gasteiger partial charge in [0.25, 0.3) is 5.91 Å². The molecule has 0 bridgehead atoms. The van der Waals surface area contributed by atoms with Crippen molar-refractivity contribution >= 4 is 16.8 Å². The molecule has 0 atom stereocenters. The molecule has 0 aliphatic heterocycles. The maximum atomic E-state index is 12.5. The SMILES string of the molecule is CN(Cc1ccccn1)C(=O)c1c[nH]c2ccccc12. The van der Waals surface area contributed by atoms with E-state index < -0.39 is 0 Å². The number of rotatable bonds is 3. The molecular weight excluding hydrogens is 250 g/mol. The van der Waals surface area contributed by atoms with Gasteiger partial charge >= 0.3 is 0 Å². The molecule has 0 saturated carbocycles. The number of para-hydroxylation sites is 1. The average molecular weight is 265 g/mol. The van der Waals surface area contributed by atoms with E-state index in [1.54, 1.807) is 24.3 Å². The molecule has 2 heterocycles. The first-order chi connectivity index (χ1) is 9.75. The van der Waals surface area contributed by atoms with Crippen LogP contribution >= 0.6 is 0 Å². The Morgan fingerprint density at radius 3 is 2.80 bits per heavy atom. The lowest BCUT2D eigenvalue weighted by Gasteiger charge is -2.16. The highest BCUT2D eigenvalue weighted by atomic mass is 16.2. The quantitative estimate of drug-likeness (QED) is 0.791. The summed E-state index contributed by atoms with van der Waals surface area (Å²) in [7, 11) is 1.79. The van der Waals surface area contributed by atoms with Gasteiger partial charge in [0.2, 0.25) is 0 Å². The summed E-state index contributed by atoms with van der Waals surface area (Å²) in [5, 5.41) is 0.949.